The second-order valence-corrected chi connectivity index (χ2v) is 11.0. The Kier molecular flexibility index (Phi) is 5.29. The Morgan fingerprint density at radius 2 is 1.26 bits per heavy atom. The van der Waals surface area contributed by atoms with Crippen LogP contribution in [0.1, 0.15) is 23.1 Å². The van der Waals surface area contributed by atoms with Gasteiger partial charge in [0.25, 0.3) is 0 Å². The molecule has 1 aromatic heterocycles. The normalized spacial score (nSPS) is 19.0. The minimum absolute atomic E-state index is 0.121. The molecule has 0 saturated heterocycles. The lowest BCUT2D eigenvalue weighted by atomic mass is 9.82. The van der Waals surface area contributed by atoms with Gasteiger partial charge in [0.1, 0.15) is 29.1 Å². The van der Waals surface area contributed by atoms with Gasteiger partial charge in [0.05, 0.1) is 5.57 Å². The second kappa shape index (κ2) is 8.98. The molecule has 1 heterocycles. The van der Waals surface area contributed by atoms with E-state index < -0.39 is 29.5 Å². The molecule has 2 unspecified atom stereocenters. The van der Waals surface area contributed by atoms with Gasteiger partial charge < -0.3 is 29.9 Å². The lowest BCUT2D eigenvalue weighted by Crippen LogP contribution is -2.34. The average Bonchev–Trinajstić information content (AvgIpc) is 3.39. The first-order chi connectivity index (χ1) is 20.4. The van der Waals surface area contributed by atoms with Crippen LogP contribution < -0.4 is 0 Å². The van der Waals surface area contributed by atoms with Gasteiger partial charge in [-0.3, -0.25) is 0 Å². The molecule has 2 aliphatic carbocycles. The zero-order valence-corrected chi connectivity index (χ0v) is 22.4. The molecule has 206 valence electrons. The van der Waals surface area contributed by atoms with E-state index in [0.29, 0.717) is 16.3 Å². The number of aliphatic hydroxyl groups is 5. The maximum absolute atomic E-state index is 11.0. The summed E-state index contributed by atoms with van der Waals surface area (Å²) in [6.45, 7) is 0. The molecular formula is C36H26O6. The molecule has 0 bridgehead atoms. The molecule has 0 saturated carbocycles. The number of rotatable bonds is 2. The highest BCUT2D eigenvalue weighted by molar-refractivity contribution is 6.23. The molecule has 0 radical (unpaired) electrons. The van der Waals surface area contributed by atoms with E-state index in [9.17, 15) is 25.5 Å². The third kappa shape index (κ3) is 3.33. The van der Waals surface area contributed by atoms with Crippen molar-refractivity contribution in [1.29, 1.82) is 0 Å². The zero-order valence-electron chi connectivity index (χ0n) is 22.4. The smallest absolute Gasteiger partial charge is 0.167 e. The Balaban J connectivity index is 1.49. The molecular weight excluding hydrogens is 528 g/mol. The second-order valence-electron chi connectivity index (χ2n) is 11.0. The number of hydrogen-bond acceptors (Lipinski definition) is 6. The summed E-state index contributed by atoms with van der Waals surface area (Å²) in [5.74, 6) is -2.08. The molecule has 6 heteroatoms. The summed E-state index contributed by atoms with van der Waals surface area (Å²) in [5.41, 5.74) is 6.21. The van der Waals surface area contributed by atoms with E-state index in [-0.39, 0.29) is 5.57 Å². The van der Waals surface area contributed by atoms with Crippen molar-refractivity contribution in [2.24, 2.45) is 0 Å². The van der Waals surface area contributed by atoms with Gasteiger partial charge in [0.2, 0.25) is 0 Å². The fraction of sp³-hybridized carbons (Fsp3) is 0.111. The first-order valence-corrected chi connectivity index (χ1v) is 13.9. The number of benzene rings is 5. The Morgan fingerprint density at radius 1 is 0.643 bits per heavy atom. The molecule has 0 amide bonds. The monoisotopic (exact) mass is 554 g/mol. The standard InChI is InChI=1S/C36H26O6/c37-31-30(32(38)34(40)35(41)33(31)39)29-22-12-5-3-10-20(22)28(21-11-4-6-13-23(21)29)25-15-7-14-24-26-16-18-8-1-2-9-19(18)17-27(26)42-36(24)25/h2-7,9-17,33,35,37-41H,1,8H2. The van der Waals surface area contributed by atoms with Crippen LogP contribution in [0.5, 0.6) is 0 Å². The largest absolute Gasteiger partial charge is 0.509 e. The summed E-state index contributed by atoms with van der Waals surface area (Å²) >= 11 is 0. The fourth-order valence-corrected chi connectivity index (χ4v) is 6.69. The summed E-state index contributed by atoms with van der Waals surface area (Å²) in [7, 11) is 0. The number of allylic oxidation sites excluding steroid dienone is 2. The van der Waals surface area contributed by atoms with Gasteiger partial charge in [-0.1, -0.05) is 78.9 Å². The van der Waals surface area contributed by atoms with E-state index in [1.165, 1.54) is 11.1 Å². The molecule has 5 N–H and O–H groups in total. The lowest BCUT2D eigenvalue weighted by Gasteiger charge is -2.27. The molecule has 8 rings (SSSR count). The molecule has 0 fully saturated rings. The number of aryl methyl sites for hydroxylation is 1. The van der Waals surface area contributed by atoms with Crippen molar-refractivity contribution >= 4 is 55.1 Å². The quantitative estimate of drug-likeness (QED) is 0.139. The zero-order chi connectivity index (χ0) is 28.7. The molecule has 6 nitrogen and oxygen atoms in total. The van der Waals surface area contributed by atoms with Crippen molar-refractivity contribution in [3.05, 3.63) is 119 Å². The molecule has 0 aliphatic heterocycles. The van der Waals surface area contributed by atoms with Gasteiger partial charge in [0.15, 0.2) is 11.5 Å². The van der Waals surface area contributed by atoms with Crippen LogP contribution >= 0.6 is 0 Å². The highest BCUT2D eigenvalue weighted by Gasteiger charge is 2.38. The Labute approximate surface area is 240 Å². The third-order valence-electron chi connectivity index (χ3n) is 8.68. The van der Waals surface area contributed by atoms with Crippen molar-refractivity contribution in [2.75, 3.05) is 0 Å². The Bertz CT molecular complexity index is 2160. The van der Waals surface area contributed by atoms with Gasteiger partial charge in [-0.15, -0.1) is 0 Å². The molecule has 0 spiro atoms. The molecule has 2 atom stereocenters. The first kappa shape index (κ1) is 24.7. The third-order valence-corrected chi connectivity index (χ3v) is 8.68. The van der Waals surface area contributed by atoms with E-state index in [1.807, 2.05) is 60.7 Å². The highest BCUT2D eigenvalue weighted by Crippen LogP contribution is 2.48. The van der Waals surface area contributed by atoms with E-state index in [4.69, 9.17) is 4.42 Å². The predicted octanol–water partition coefficient (Wildman–Crippen LogP) is 7.85. The minimum atomic E-state index is -1.84. The van der Waals surface area contributed by atoms with Crippen LogP contribution in [0.2, 0.25) is 0 Å². The van der Waals surface area contributed by atoms with Crippen molar-refractivity contribution in [1.82, 2.24) is 0 Å². The highest BCUT2D eigenvalue weighted by atomic mass is 16.4. The Hall–Kier alpha value is -5.04. The summed E-state index contributed by atoms with van der Waals surface area (Å²) in [4.78, 5) is 0. The van der Waals surface area contributed by atoms with E-state index in [0.717, 1.165) is 56.7 Å². The van der Waals surface area contributed by atoms with Crippen LogP contribution in [-0.4, -0.2) is 37.7 Å². The first-order valence-electron chi connectivity index (χ1n) is 13.9. The van der Waals surface area contributed by atoms with E-state index in [1.54, 1.807) is 0 Å². The van der Waals surface area contributed by atoms with Crippen LogP contribution in [0.3, 0.4) is 0 Å². The van der Waals surface area contributed by atoms with Crippen LogP contribution in [0.15, 0.2) is 107 Å². The summed E-state index contributed by atoms with van der Waals surface area (Å²) < 4.78 is 6.60. The Morgan fingerprint density at radius 3 is 1.95 bits per heavy atom. The van der Waals surface area contributed by atoms with Crippen LogP contribution in [0.4, 0.5) is 0 Å². The topological polar surface area (TPSA) is 114 Å². The summed E-state index contributed by atoms with van der Waals surface area (Å²) in [6.07, 6.45) is 2.73. The number of furan rings is 1. The number of para-hydroxylation sites is 1. The van der Waals surface area contributed by atoms with Gasteiger partial charge in [-0.25, -0.2) is 0 Å². The summed E-state index contributed by atoms with van der Waals surface area (Å²) in [5, 5.41) is 58.3. The molecule has 6 aromatic rings. The molecule has 2 aliphatic rings. The maximum Gasteiger partial charge on any atom is 0.167 e. The van der Waals surface area contributed by atoms with E-state index >= 15 is 0 Å². The van der Waals surface area contributed by atoms with Gasteiger partial charge in [0, 0.05) is 27.5 Å². The molecule has 5 aromatic carbocycles. The number of aliphatic hydroxyl groups excluding tert-OH is 5. The predicted molar refractivity (Wildman–Crippen MR) is 165 cm³/mol. The van der Waals surface area contributed by atoms with Gasteiger partial charge in [-0.05, 0) is 57.6 Å². The number of fused-ring (bicyclic) bond motifs is 6. The van der Waals surface area contributed by atoms with Gasteiger partial charge >= 0.3 is 0 Å². The van der Waals surface area contributed by atoms with Crippen LogP contribution in [-0.2, 0) is 6.42 Å². The summed E-state index contributed by atoms with van der Waals surface area (Å²) in [6, 6.07) is 25.8. The maximum atomic E-state index is 11.0. The SMILES string of the molecule is OC1=C(O)C(O)C(O)C(O)=C1c1c2ccccc2c(-c2cccc3c2oc2cc4c(cc23)CCC=C4)c2ccccc12. The van der Waals surface area contributed by atoms with Crippen molar-refractivity contribution in [3.63, 3.8) is 0 Å². The number of hydrogen-bond donors (Lipinski definition) is 5. The van der Waals surface area contributed by atoms with Crippen molar-refractivity contribution in [2.45, 2.75) is 25.0 Å². The van der Waals surface area contributed by atoms with Crippen LogP contribution in [0, 0.1) is 0 Å². The minimum Gasteiger partial charge on any atom is -0.509 e. The average molecular weight is 555 g/mol. The van der Waals surface area contributed by atoms with Crippen LogP contribution in [0.25, 0.3) is 66.3 Å². The van der Waals surface area contributed by atoms with Gasteiger partial charge in [-0.2, -0.15) is 0 Å². The van der Waals surface area contributed by atoms with E-state index in [2.05, 4.69) is 30.4 Å². The lowest BCUT2D eigenvalue weighted by molar-refractivity contribution is 0.00949. The van der Waals surface area contributed by atoms with Crippen molar-refractivity contribution < 1.29 is 29.9 Å². The fourth-order valence-electron chi connectivity index (χ4n) is 6.69. The molecule has 42 heavy (non-hydrogen) atoms. The van der Waals surface area contributed by atoms with Crippen molar-refractivity contribution in [3.8, 4) is 11.1 Å².